The van der Waals surface area contributed by atoms with Gasteiger partial charge in [-0.1, -0.05) is 0 Å². The van der Waals surface area contributed by atoms with E-state index in [0.717, 1.165) is 0 Å². The summed E-state index contributed by atoms with van der Waals surface area (Å²) in [5.41, 5.74) is 7.94. The average molecular weight is 273 g/mol. The van der Waals surface area contributed by atoms with E-state index in [9.17, 15) is 4.79 Å². The summed E-state index contributed by atoms with van der Waals surface area (Å²) < 4.78 is 5.13. The van der Waals surface area contributed by atoms with E-state index in [1.165, 1.54) is 7.11 Å². The standard InChI is InChI=1S/C13H15N5O2/c1-7-8(2)17-18-13(15-7)16-12(19)10-5-4-9(14)6-11(10)20-3/h4-6H,14H2,1-3H3,(H,15,16,18,19). The van der Waals surface area contributed by atoms with Gasteiger partial charge in [0.25, 0.3) is 5.91 Å². The monoisotopic (exact) mass is 273 g/mol. The molecule has 2 rings (SSSR count). The molecule has 0 saturated carbocycles. The van der Waals surface area contributed by atoms with Crippen LogP contribution in [0.5, 0.6) is 5.75 Å². The van der Waals surface area contributed by atoms with Gasteiger partial charge >= 0.3 is 0 Å². The smallest absolute Gasteiger partial charge is 0.261 e. The first-order valence-corrected chi connectivity index (χ1v) is 5.94. The first-order valence-electron chi connectivity index (χ1n) is 5.94. The molecule has 7 heteroatoms. The molecule has 0 radical (unpaired) electrons. The molecule has 3 N–H and O–H groups in total. The summed E-state index contributed by atoms with van der Waals surface area (Å²) in [5.74, 6) is 0.156. The summed E-state index contributed by atoms with van der Waals surface area (Å²) in [4.78, 5) is 16.3. The Labute approximate surface area is 116 Å². The number of hydrogen-bond donors (Lipinski definition) is 2. The minimum Gasteiger partial charge on any atom is -0.496 e. The zero-order valence-corrected chi connectivity index (χ0v) is 11.5. The lowest BCUT2D eigenvalue weighted by Crippen LogP contribution is -2.16. The largest absolute Gasteiger partial charge is 0.496 e. The minimum absolute atomic E-state index is 0.150. The van der Waals surface area contributed by atoms with Crippen molar-refractivity contribution in [3.8, 4) is 5.75 Å². The van der Waals surface area contributed by atoms with E-state index in [2.05, 4.69) is 20.5 Å². The fourth-order valence-corrected chi connectivity index (χ4v) is 1.57. The first-order chi connectivity index (χ1) is 9.51. The number of methoxy groups -OCH3 is 1. The second-order valence-electron chi connectivity index (χ2n) is 4.22. The number of nitrogens with one attached hydrogen (secondary N) is 1. The maximum atomic E-state index is 12.2. The number of amides is 1. The SMILES string of the molecule is COc1cc(N)ccc1C(=O)Nc1nnc(C)c(C)n1. The van der Waals surface area contributed by atoms with Gasteiger partial charge in [0.2, 0.25) is 5.95 Å². The molecular formula is C13H15N5O2. The van der Waals surface area contributed by atoms with Gasteiger partial charge in [0.05, 0.1) is 24.1 Å². The Balaban J connectivity index is 2.25. The van der Waals surface area contributed by atoms with Crippen LogP contribution < -0.4 is 15.8 Å². The zero-order valence-electron chi connectivity index (χ0n) is 11.5. The second-order valence-corrected chi connectivity index (χ2v) is 4.22. The molecule has 0 bridgehead atoms. The zero-order chi connectivity index (χ0) is 14.7. The Morgan fingerprint density at radius 1 is 1.25 bits per heavy atom. The van der Waals surface area contributed by atoms with Crippen LogP contribution in [0.1, 0.15) is 21.7 Å². The number of rotatable bonds is 3. The molecule has 1 heterocycles. The highest BCUT2D eigenvalue weighted by atomic mass is 16.5. The molecule has 0 fully saturated rings. The molecule has 7 nitrogen and oxygen atoms in total. The third-order valence-corrected chi connectivity index (χ3v) is 2.79. The van der Waals surface area contributed by atoms with Gasteiger partial charge in [-0.25, -0.2) is 4.98 Å². The lowest BCUT2D eigenvalue weighted by atomic mass is 10.1. The molecule has 1 aromatic carbocycles. The van der Waals surface area contributed by atoms with E-state index in [1.54, 1.807) is 32.0 Å². The van der Waals surface area contributed by atoms with Crippen molar-refractivity contribution in [1.82, 2.24) is 15.2 Å². The van der Waals surface area contributed by atoms with Crippen LogP contribution in [0.15, 0.2) is 18.2 Å². The topological polar surface area (TPSA) is 103 Å². The number of benzene rings is 1. The Morgan fingerprint density at radius 2 is 2.00 bits per heavy atom. The second kappa shape index (κ2) is 5.52. The highest BCUT2D eigenvalue weighted by Gasteiger charge is 2.14. The molecule has 1 amide bonds. The summed E-state index contributed by atoms with van der Waals surface area (Å²) in [5, 5.41) is 10.3. The van der Waals surface area contributed by atoms with Crippen molar-refractivity contribution in [3.05, 3.63) is 35.2 Å². The van der Waals surface area contributed by atoms with E-state index in [1.807, 2.05) is 0 Å². The summed E-state index contributed by atoms with van der Waals surface area (Å²) in [6.45, 7) is 3.59. The quantitative estimate of drug-likeness (QED) is 0.818. The number of ether oxygens (including phenoxy) is 1. The van der Waals surface area contributed by atoms with Crippen LogP contribution in [0, 0.1) is 13.8 Å². The van der Waals surface area contributed by atoms with Crippen molar-refractivity contribution in [2.24, 2.45) is 0 Å². The number of nitrogens with zero attached hydrogens (tertiary/aromatic N) is 3. The van der Waals surface area contributed by atoms with Crippen LogP contribution in [0.2, 0.25) is 0 Å². The molecule has 2 aromatic rings. The van der Waals surface area contributed by atoms with Gasteiger partial charge in [-0.15, -0.1) is 5.10 Å². The summed E-state index contributed by atoms with van der Waals surface area (Å²) in [6, 6.07) is 4.78. The lowest BCUT2D eigenvalue weighted by Gasteiger charge is -2.09. The molecule has 0 aliphatic heterocycles. The molecule has 0 aliphatic rings. The van der Waals surface area contributed by atoms with Crippen LogP contribution in [0.3, 0.4) is 0 Å². The third-order valence-electron chi connectivity index (χ3n) is 2.79. The van der Waals surface area contributed by atoms with Crippen molar-refractivity contribution >= 4 is 17.5 Å². The van der Waals surface area contributed by atoms with Crippen molar-refractivity contribution in [3.63, 3.8) is 0 Å². The van der Waals surface area contributed by atoms with E-state index in [4.69, 9.17) is 10.5 Å². The van der Waals surface area contributed by atoms with Crippen LogP contribution in [-0.4, -0.2) is 28.2 Å². The maximum Gasteiger partial charge on any atom is 0.261 e. The van der Waals surface area contributed by atoms with Crippen molar-refractivity contribution in [2.45, 2.75) is 13.8 Å². The van der Waals surface area contributed by atoms with Gasteiger partial charge in [0.1, 0.15) is 5.75 Å². The van der Waals surface area contributed by atoms with Crippen molar-refractivity contribution in [2.75, 3.05) is 18.2 Å². The molecule has 104 valence electrons. The lowest BCUT2D eigenvalue weighted by molar-refractivity contribution is 0.102. The number of carbonyl (C=O) groups is 1. The van der Waals surface area contributed by atoms with Crippen LogP contribution >= 0.6 is 0 Å². The predicted octanol–water partition coefficient (Wildman–Crippen LogP) is 1.33. The summed E-state index contributed by atoms with van der Waals surface area (Å²) >= 11 is 0. The molecule has 0 aliphatic carbocycles. The molecule has 0 saturated heterocycles. The normalized spacial score (nSPS) is 10.2. The number of hydrogen-bond acceptors (Lipinski definition) is 6. The van der Waals surface area contributed by atoms with Gasteiger partial charge in [-0.05, 0) is 26.0 Å². The first kappa shape index (κ1) is 13.7. The average Bonchev–Trinajstić information content (AvgIpc) is 2.42. The van der Waals surface area contributed by atoms with Crippen molar-refractivity contribution < 1.29 is 9.53 Å². The Bertz CT molecular complexity index is 657. The maximum absolute atomic E-state index is 12.2. The van der Waals surface area contributed by atoms with E-state index in [-0.39, 0.29) is 11.9 Å². The highest BCUT2D eigenvalue weighted by Crippen LogP contribution is 2.22. The molecule has 0 unspecified atom stereocenters. The van der Waals surface area contributed by atoms with Gasteiger partial charge < -0.3 is 10.5 Å². The number of nitrogen functional groups attached to an aromatic ring is 1. The third kappa shape index (κ3) is 2.82. The minimum atomic E-state index is -0.382. The van der Waals surface area contributed by atoms with E-state index in [0.29, 0.717) is 28.4 Å². The highest BCUT2D eigenvalue weighted by molar-refractivity contribution is 6.05. The number of carbonyl (C=O) groups excluding carboxylic acids is 1. The molecular weight excluding hydrogens is 258 g/mol. The van der Waals surface area contributed by atoms with Gasteiger partial charge in [0.15, 0.2) is 0 Å². The van der Waals surface area contributed by atoms with E-state index < -0.39 is 0 Å². The number of anilines is 2. The fraction of sp³-hybridized carbons (Fsp3) is 0.231. The van der Waals surface area contributed by atoms with E-state index >= 15 is 0 Å². The summed E-state index contributed by atoms with van der Waals surface area (Å²) in [6.07, 6.45) is 0. The predicted molar refractivity (Wildman–Crippen MR) is 74.7 cm³/mol. The fourth-order valence-electron chi connectivity index (χ4n) is 1.57. The van der Waals surface area contributed by atoms with Gasteiger partial charge in [0, 0.05) is 11.8 Å². The molecule has 1 aromatic heterocycles. The van der Waals surface area contributed by atoms with Gasteiger partial charge in [-0.3, -0.25) is 10.1 Å². The Hall–Kier alpha value is -2.70. The molecule has 20 heavy (non-hydrogen) atoms. The van der Waals surface area contributed by atoms with Crippen LogP contribution in [-0.2, 0) is 0 Å². The molecule has 0 spiro atoms. The van der Waals surface area contributed by atoms with Crippen LogP contribution in [0.25, 0.3) is 0 Å². The number of aromatic nitrogens is 3. The van der Waals surface area contributed by atoms with Crippen LogP contribution in [0.4, 0.5) is 11.6 Å². The van der Waals surface area contributed by atoms with Crippen molar-refractivity contribution in [1.29, 1.82) is 0 Å². The summed E-state index contributed by atoms with van der Waals surface area (Å²) in [7, 11) is 1.47. The molecule has 0 atom stereocenters. The Kier molecular flexibility index (Phi) is 3.79. The Morgan fingerprint density at radius 3 is 2.65 bits per heavy atom. The number of nitrogens with two attached hydrogens (primary N) is 1. The number of aryl methyl sites for hydroxylation is 2. The van der Waals surface area contributed by atoms with Gasteiger partial charge in [-0.2, -0.15) is 5.10 Å².